The van der Waals surface area contributed by atoms with Crippen LogP contribution in [0.15, 0.2) is 16.6 Å². The Balaban J connectivity index is 2.84. The van der Waals surface area contributed by atoms with E-state index < -0.39 is 24.6 Å². The van der Waals surface area contributed by atoms with Crippen LogP contribution in [0.1, 0.15) is 24.9 Å². The summed E-state index contributed by atoms with van der Waals surface area (Å²) in [5, 5.41) is 3.24. The monoisotopic (exact) mass is 391 g/mol. The number of benzene rings is 1. The molecule has 0 heterocycles. The lowest BCUT2D eigenvalue weighted by atomic mass is 10.1. The van der Waals surface area contributed by atoms with E-state index in [1.54, 1.807) is 0 Å². The average molecular weight is 393 g/mol. The van der Waals surface area contributed by atoms with Crippen LogP contribution in [0.2, 0.25) is 5.02 Å². The molecule has 0 aromatic heterocycles. The highest BCUT2D eigenvalue weighted by molar-refractivity contribution is 9.10. The molecule has 1 N–H and O–H groups in total. The van der Waals surface area contributed by atoms with Gasteiger partial charge in [0.05, 0.1) is 17.7 Å². The van der Waals surface area contributed by atoms with Crippen LogP contribution in [-0.4, -0.2) is 25.9 Å². The Morgan fingerprint density at radius 2 is 2.05 bits per heavy atom. The Morgan fingerprint density at radius 1 is 1.38 bits per heavy atom. The summed E-state index contributed by atoms with van der Waals surface area (Å²) >= 11 is 9.00. The van der Waals surface area contributed by atoms with Crippen molar-refractivity contribution in [3.63, 3.8) is 0 Å². The minimum atomic E-state index is -4.41. The zero-order valence-corrected chi connectivity index (χ0v) is 13.6. The summed E-state index contributed by atoms with van der Waals surface area (Å²) < 4.78 is 55.3. The zero-order chi connectivity index (χ0) is 16.0. The minimum absolute atomic E-state index is 0.179. The number of rotatable bonds is 7. The van der Waals surface area contributed by atoms with Gasteiger partial charge < -0.3 is 10.1 Å². The molecule has 1 rings (SSSR count). The van der Waals surface area contributed by atoms with Crippen molar-refractivity contribution in [2.45, 2.75) is 25.6 Å². The maximum absolute atomic E-state index is 14.0. The molecule has 0 bridgehead atoms. The first kappa shape index (κ1) is 18.7. The number of ether oxygens (including phenoxy) is 1. The second-order valence-electron chi connectivity index (χ2n) is 4.42. The van der Waals surface area contributed by atoms with E-state index in [0.29, 0.717) is 11.0 Å². The SMILES string of the molecule is CCCNC(COCC(F)(F)F)c1cc(Cl)c(Br)cc1F. The van der Waals surface area contributed by atoms with Crippen molar-refractivity contribution in [3.8, 4) is 0 Å². The van der Waals surface area contributed by atoms with Crippen LogP contribution in [0.5, 0.6) is 0 Å². The van der Waals surface area contributed by atoms with Crippen LogP contribution in [0.4, 0.5) is 17.6 Å². The average Bonchev–Trinajstić information content (AvgIpc) is 2.37. The molecule has 0 amide bonds. The quantitative estimate of drug-likeness (QED) is 0.528. The Labute approximate surface area is 133 Å². The number of alkyl halides is 3. The van der Waals surface area contributed by atoms with Crippen molar-refractivity contribution in [2.24, 2.45) is 0 Å². The van der Waals surface area contributed by atoms with Gasteiger partial charge in [-0.3, -0.25) is 0 Å². The first-order chi connectivity index (χ1) is 9.74. The standard InChI is InChI=1S/C13H15BrClF4NO/c1-2-3-20-12(6-21-7-13(17,18)19)8-4-10(15)9(14)5-11(8)16/h4-5,12,20H,2-3,6-7H2,1H3. The van der Waals surface area contributed by atoms with E-state index in [2.05, 4.69) is 26.0 Å². The molecular weight excluding hydrogens is 377 g/mol. The van der Waals surface area contributed by atoms with Gasteiger partial charge >= 0.3 is 6.18 Å². The lowest BCUT2D eigenvalue weighted by Gasteiger charge is -2.20. The van der Waals surface area contributed by atoms with E-state index in [1.165, 1.54) is 12.1 Å². The molecular formula is C13H15BrClF4NO. The third kappa shape index (κ3) is 6.50. The molecule has 1 unspecified atom stereocenters. The van der Waals surface area contributed by atoms with Crippen LogP contribution in [0, 0.1) is 5.82 Å². The predicted octanol–water partition coefficient (Wildman–Crippen LogP) is 4.86. The van der Waals surface area contributed by atoms with Crippen molar-refractivity contribution < 1.29 is 22.3 Å². The van der Waals surface area contributed by atoms with Gasteiger partial charge in [0, 0.05) is 10.0 Å². The molecule has 1 atom stereocenters. The number of hydrogen-bond acceptors (Lipinski definition) is 2. The van der Waals surface area contributed by atoms with Gasteiger partial charge in [-0.25, -0.2) is 4.39 Å². The molecule has 1 aromatic carbocycles. The van der Waals surface area contributed by atoms with E-state index >= 15 is 0 Å². The van der Waals surface area contributed by atoms with Crippen LogP contribution in [0.3, 0.4) is 0 Å². The molecule has 0 spiro atoms. The van der Waals surface area contributed by atoms with Crippen molar-refractivity contribution in [1.82, 2.24) is 5.32 Å². The van der Waals surface area contributed by atoms with Gasteiger partial charge in [0.15, 0.2) is 0 Å². The molecule has 0 aliphatic heterocycles. The number of halogens is 6. The molecule has 8 heteroatoms. The lowest BCUT2D eigenvalue weighted by Crippen LogP contribution is -2.29. The van der Waals surface area contributed by atoms with Crippen molar-refractivity contribution >= 4 is 27.5 Å². The highest BCUT2D eigenvalue weighted by Crippen LogP contribution is 2.29. The predicted molar refractivity (Wildman–Crippen MR) is 77.0 cm³/mol. The second kappa shape index (κ2) is 8.31. The molecule has 21 heavy (non-hydrogen) atoms. The lowest BCUT2D eigenvalue weighted by molar-refractivity contribution is -0.175. The molecule has 120 valence electrons. The summed E-state index contributed by atoms with van der Waals surface area (Å²) in [5.74, 6) is -0.560. The Bertz CT molecular complexity index is 470. The molecule has 0 fully saturated rings. The van der Waals surface area contributed by atoms with E-state index in [9.17, 15) is 17.6 Å². The van der Waals surface area contributed by atoms with Gasteiger partial charge in [0.1, 0.15) is 12.4 Å². The van der Waals surface area contributed by atoms with E-state index in [0.717, 1.165) is 6.42 Å². The Kier molecular flexibility index (Phi) is 7.39. The van der Waals surface area contributed by atoms with Gasteiger partial charge in [-0.05, 0) is 41.0 Å². The zero-order valence-electron chi connectivity index (χ0n) is 11.2. The Morgan fingerprint density at radius 3 is 2.62 bits per heavy atom. The maximum Gasteiger partial charge on any atom is 0.411 e. The third-order valence-corrected chi connectivity index (χ3v) is 3.80. The summed E-state index contributed by atoms with van der Waals surface area (Å²) in [7, 11) is 0. The van der Waals surface area contributed by atoms with Gasteiger partial charge in [0.2, 0.25) is 0 Å². The van der Waals surface area contributed by atoms with Crippen molar-refractivity contribution in [2.75, 3.05) is 19.8 Å². The molecule has 0 aliphatic rings. The molecule has 0 radical (unpaired) electrons. The van der Waals surface area contributed by atoms with Crippen molar-refractivity contribution in [3.05, 3.63) is 33.0 Å². The molecule has 0 aliphatic carbocycles. The fourth-order valence-electron chi connectivity index (χ4n) is 1.67. The van der Waals surface area contributed by atoms with E-state index in [1.807, 2.05) is 6.92 Å². The van der Waals surface area contributed by atoms with Crippen LogP contribution < -0.4 is 5.32 Å². The van der Waals surface area contributed by atoms with Crippen LogP contribution >= 0.6 is 27.5 Å². The van der Waals surface area contributed by atoms with Gasteiger partial charge in [-0.2, -0.15) is 13.2 Å². The first-order valence-electron chi connectivity index (χ1n) is 6.27. The van der Waals surface area contributed by atoms with Crippen LogP contribution in [0.25, 0.3) is 0 Å². The molecule has 0 saturated heterocycles. The van der Waals surface area contributed by atoms with Crippen LogP contribution in [-0.2, 0) is 4.74 Å². The van der Waals surface area contributed by atoms with Crippen molar-refractivity contribution in [1.29, 1.82) is 0 Å². The van der Waals surface area contributed by atoms with E-state index in [-0.39, 0.29) is 17.2 Å². The largest absolute Gasteiger partial charge is 0.411 e. The topological polar surface area (TPSA) is 21.3 Å². The third-order valence-electron chi connectivity index (χ3n) is 2.61. The summed E-state index contributed by atoms with van der Waals surface area (Å²) in [4.78, 5) is 0. The van der Waals surface area contributed by atoms with Gasteiger partial charge in [0.25, 0.3) is 0 Å². The molecule has 2 nitrogen and oxygen atoms in total. The summed E-state index contributed by atoms with van der Waals surface area (Å²) in [5.41, 5.74) is 0.179. The van der Waals surface area contributed by atoms with Gasteiger partial charge in [-0.15, -0.1) is 0 Å². The summed E-state index contributed by atoms with van der Waals surface area (Å²) in [6.45, 7) is 0.746. The summed E-state index contributed by atoms with van der Waals surface area (Å²) in [6, 6.07) is 1.87. The molecule has 0 saturated carbocycles. The smallest absolute Gasteiger partial charge is 0.370 e. The highest BCUT2D eigenvalue weighted by Gasteiger charge is 2.28. The van der Waals surface area contributed by atoms with E-state index in [4.69, 9.17) is 11.6 Å². The fraction of sp³-hybridized carbons (Fsp3) is 0.538. The second-order valence-corrected chi connectivity index (χ2v) is 5.69. The fourth-order valence-corrected chi connectivity index (χ4v) is 2.16. The minimum Gasteiger partial charge on any atom is -0.370 e. The normalized spacial score (nSPS) is 13.5. The molecule has 1 aromatic rings. The maximum atomic E-state index is 14.0. The number of nitrogens with one attached hydrogen (secondary N) is 1. The Hall–Kier alpha value is -0.370. The number of hydrogen-bond donors (Lipinski definition) is 1. The first-order valence-corrected chi connectivity index (χ1v) is 7.44. The highest BCUT2D eigenvalue weighted by atomic mass is 79.9. The summed E-state index contributed by atoms with van der Waals surface area (Å²) in [6.07, 6.45) is -3.66. The van der Waals surface area contributed by atoms with Gasteiger partial charge in [-0.1, -0.05) is 18.5 Å².